The van der Waals surface area contributed by atoms with Gasteiger partial charge in [-0.2, -0.15) is 0 Å². The van der Waals surface area contributed by atoms with Crippen molar-refractivity contribution in [3.8, 4) is 0 Å². The number of carbonyl (C=O) groups excluding carboxylic acids is 1. The third-order valence-electron chi connectivity index (χ3n) is 6.08. The second kappa shape index (κ2) is 6.55. The molecule has 1 aromatic heterocycles. The van der Waals surface area contributed by atoms with Crippen molar-refractivity contribution in [3.63, 3.8) is 0 Å². The number of para-hydroxylation sites is 1. The van der Waals surface area contributed by atoms with Crippen LogP contribution in [-0.4, -0.2) is 21.8 Å². The molecule has 3 aromatic rings. The van der Waals surface area contributed by atoms with Crippen LogP contribution in [0, 0.1) is 6.92 Å². The summed E-state index contributed by atoms with van der Waals surface area (Å²) < 4.78 is 0. The largest absolute Gasteiger partial charge is 0.307 e. The van der Waals surface area contributed by atoms with Crippen molar-refractivity contribution >= 4 is 17.4 Å². The van der Waals surface area contributed by atoms with Gasteiger partial charge in [0.05, 0.1) is 11.3 Å². The third kappa shape index (κ3) is 2.71. The van der Waals surface area contributed by atoms with Crippen LogP contribution >= 0.6 is 0 Å². The van der Waals surface area contributed by atoms with E-state index in [1.807, 2.05) is 6.07 Å². The van der Waals surface area contributed by atoms with Crippen molar-refractivity contribution in [3.05, 3.63) is 82.7 Å². The van der Waals surface area contributed by atoms with E-state index in [2.05, 4.69) is 66.2 Å². The predicted molar refractivity (Wildman–Crippen MR) is 110 cm³/mol. The first-order valence-corrected chi connectivity index (χ1v) is 9.93. The number of anilines is 2. The summed E-state index contributed by atoms with van der Waals surface area (Å²) in [5.41, 5.74) is 6.55. The Bertz CT molecular complexity index is 1070. The first-order chi connectivity index (χ1) is 13.6. The average Bonchev–Trinajstić information content (AvgIpc) is 3.03. The number of aryl methyl sites for hydroxylation is 1. The van der Waals surface area contributed by atoms with Crippen molar-refractivity contribution in [2.45, 2.75) is 45.1 Å². The van der Waals surface area contributed by atoms with Crippen LogP contribution in [0.25, 0.3) is 0 Å². The molecule has 0 radical (unpaired) electrons. The fourth-order valence-electron chi connectivity index (χ4n) is 4.69. The van der Waals surface area contributed by atoms with Gasteiger partial charge >= 0.3 is 0 Å². The molecule has 2 aromatic carbocycles. The Labute approximate surface area is 165 Å². The van der Waals surface area contributed by atoms with Crippen molar-refractivity contribution in [1.29, 1.82) is 0 Å². The molecule has 140 valence electrons. The third-order valence-corrected chi connectivity index (χ3v) is 6.08. The van der Waals surface area contributed by atoms with Crippen LogP contribution in [0.3, 0.4) is 0 Å². The van der Waals surface area contributed by atoms with Gasteiger partial charge in [-0.15, -0.1) is 0 Å². The van der Waals surface area contributed by atoms with Gasteiger partial charge in [0, 0.05) is 24.3 Å². The molecular formula is C24H23N3O. The number of ketones is 1. The molecule has 0 fully saturated rings. The summed E-state index contributed by atoms with van der Waals surface area (Å²) in [5, 5.41) is 0. The zero-order chi connectivity index (χ0) is 19.3. The molecule has 2 atom stereocenters. The van der Waals surface area contributed by atoms with Crippen LogP contribution < -0.4 is 4.90 Å². The molecule has 0 bridgehead atoms. The zero-order valence-corrected chi connectivity index (χ0v) is 16.2. The molecule has 0 amide bonds. The number of carbonyl (C=O) groups is 1. The summed E-state index contributed by atoms with van der Waals surface area (Å²) in [4.78, 5) is 24.5. The lowest BCUT2D eigenvalue weighted by molar-refractivity contribution is 0.0962. The highest BCUT2D eigenvalue weighted by Gasteiger charge is 2.32. The Balaban J connectivity index is 1.53. The van der Waals surface area contributed by atoms with Gasteiger partial charge in [0.25, 0.3) is 0 Å². The lowest BCUT2D eigenvalue weighted by atomic mass is 9.81. The second-order valence-electron chi connectivity index (χ2n) is 7.97. The highest BCUT2D eigenvalue weighted by Crippen LogP contribution is 2.38. The summed E-state index contributed by atoms with van der Waals surface area (Å²) in [6.07, 6.45) is 4.04. The maximum absolute atomic E-state index is 12.8. The van der Waals surface area contributed by atoms with E-state index in [4.69, 9.17) is 4.98 Å². The second-order valence-corrected chi connectivity index (χ2v) is 7.97. The molecule has 0 spiro atoms. The molecule has 0 saturated carbocycles. The van der Waals surface area contributed by atoms with Gasteiger partial charge in [0.2, 0.25) is 5.95 Å². The number of Topliss-reactive ketones (excluding diaryl/α,β-unsaturated/α-hetero) is 1. The van der Waals surface area contributed by atoms with E-state index in [-0.39, 0.29) is 11.7 Å². The molecule has 0 N–H and O–H groups in total. The van der Waals surface area contributed by atoms with Gasteiger partial charge in [-0.1, -0.05) is 42.5 Å². The van der Waals surface area contributed by atoms with E-state index in [1.165, 1.54) is 22.4 Å². The van der Waals surface area contributed by atoms with Gasteiger partial charge in [0.15, 0.2) is 5.78 Å². The monoisotopic (exact) mass is 369 g/mol. The van der Waals surface area contributed by atoms with E-state index >= 15 is 0 Å². The van der Waals surface area contributed by atoms with Crippen molar-refractivity contribution in [2.75, 3.05) is 4.90 Å². The fourth-order valence-corrected chi connectivity index (χ4v) is 4.69. The van der Waals surface area contributed by atoms with Crippen LogP contribution in [0.5, 0.6) is 0 Å². The zero-order valence-electron chi connectivity index (χ0n) is 16.2. The van der Waals surface area contributed by atoms with E-state index < -0.39 is 0 Å². The van der Waals surface area contributed by atoms with E-state index in [1.54, 1.807) is 6.20 Å². The summed E-state index contributed by atoms with van der Waals surface area (Å²) in [7, 11) is 0. The maximum Gasteiger partial charge on any atom is 0.230 e. The minimum absolute atomic E-state index is 0.149. The first kappa shape index (κ1) is 17.1. The van der Waals surface area contributed by atoms with E-state index in [0.717, 1.165) is 18.5 Å². The smallest absolute Gasteiger partial charge is 0.230 e. The molecule has 0 saturated heterocycles. The van der Waals surface area contributed by atoms with Crippen molar-refractivity contribution in [1.82, 2.24) is 9.97 Å². The molecule has 5 rings (SSSR count). The Hall–Kier alpha value is -3.01. The number of hydrogen-bond donors (Lipinski definition) is 0. The number of fused-ring (bicyclic) bond motifs is 2. The Morgan fingerprint density at radius 3 is 2.64 bits per heavy atom. The van der Waals surface area contributed by atoms with E-state index in [0.29, 0.717) is 24.0 Å². The topological polar surface area (TPSA) is 46.1 Å². The normalized spacial score (nSPS) is 20.8. The van der Waals surface area contributed by atoms with E-state index in [9.17, 15) is 4.79 Å². The van der Waals surface area contributed by atoms with Crippen LogP contribution in [0.1, 0.15) is 52.0 Å². The van der Waals surface area contributed by atoms with Gasteiger partial charge in [-0.3, -0.25) is 4.79 Å². The van der Waals surface area contributed by atoms with Crippen LogP contribution in [-0.2, 0) is 12.8 Å². The minimum Gasteiger partial charge on any atom is -0.307 e. The molecule has 4 nitrogen and oxygen atoms in total. The summed E-state index contributed by atoms with van der Waals surface area (Å²) in [6, 6.07) is 17.1. The minimum atomic E-state index is 0.149. The fraction of sp³-hybridized carbons (Fsp3) is 0.292. The lowest BCUT2D eigenvalue weighted by Crippen LogP contribution is -2.28. The Kier molecular flexibility index (Phi) is 4.00. The van der Waals surface area contributed by atoms with Crippen LogP contribution in [0.4, 0.5) is 11.6 Å². The molecule has 2 heterocycles. The Morgan fingerprint density at radius 2 is 1.79 bits per heavy atom. The van der Waals surface area contributed by atoms with Crippen molar-refractivity contribution < 1.29 is 4.79 Å². The van der Waals surface area contributed by atoms with Crippen LogP contribution in [0.2, 0.25) is 0 Å². The summed E-state index contributed by atoms with van der Waals surface area (Å²) in [6.45, 7) is 4.31. The lowest BCUT2D eigenvalue weighted by Gasteiger charge is -2.27. The first-order valence-electron chi connectivity index (χ1n) is 9.93. The number of nitrogens with zero attached hydrogens (tertiary/aromatic N) is 3. The molecule has 2 unspecified atom stereocenters. The predicted octanol–water partition coefficient (Wildman–Crippen LogP) is 4.78. The molecule has 1 aliphatic heterocycles. The summed E-state index contributed by atoms with van der Waals surface area (Å²) in [5.74, 6) is 1.04. The number of hydrogen-bond acceptors (Lipinski definition) is 4. The van der Waals surface area contributed by atoms with Gasteiger partial charge in [-0.05, 0) is 55.4 Å². The van der Waals surface area contributed by atoms with Gasteiger partial charge in [0.1, 0.15) is 0 Å². The molecule has 2 aliphatic rings. The van der Waals surface area contributed by atoms with Gasteiger partial charge < -0.3 is 4.90 Å². The molecule has 4 heteroatoms. The van der Waals surface area contributed by atoms with Crippen molar-refractivity contribution in [2.24, 2.45) is 0 Å². The standard InChI is InChI=1S/C24H23N3O/c1-15-7-3-5-9-19(15)18-12-21-20(23(28)13-18)14-25-24(26-21)27-16(2)11-17-8-4-6-10-22(17)27/h3-10,14,16,18H,11-13H2,1-2H3. The number of rotatable bonds is 2. The van der Waals surface area contributed by atoms with Crippen LogP contribution in [0.15, 0.2) is 54.7 Å². The number of aromatic nitrogens is 2. The SMILES string of the molecule is Cc1ccccc1C1CC(=O)c2cnc(N3c4ccccc4CC3C)nc2C1. The maximum atomic E-state index is 12.8. The number of benzene rings is 2. The summed E-state index contributed by atoms with van der Waals surface area (Å²) >= 11 is 0. The van der Waals surface area contributed by atoms with Gasteiger partial charge in [-0.25, -0.2) is 9.97 Å². The quantitative estimate of drug-likeness (QED) is 0.652. The Morgan fingerprint density at radius 1 is 1.00 bits per heavy atom. The highest BCUT2D eigenvalue weighted by atomic mass is 16.1. The highest BCUT2D eigenvalue weighted by molar-refractivity contribution is 5.98. The molecular weight excluding hydrogens is 346 g/mol. The molecule has 1 aliphatic carbocycles. The molecule has 28 heavy (non-hydrogen) atoms. The average molecular weight is 369 g/mol.